The summed E-state index contributed by atoms with van der Waals surface area (Å²) in [5, 5.41) is 15.0. The molecule has 1 aromatic carbocycles. The zero-order valence-corrected chi connectivity index (χ0v) is 26.0. The lowest BCUT2D eigenvalue weighted by molar-refractivity contribution is 0.181. The number of hydrogen-bond acceptors (Lipinski definition) is 7. The van der Waals surface area contributed by atoms with Crippen molar-refractivity contribution in [3.8, 4) is 17.0 Å². The van der Waals surface area contributed by atoms with Gasteiger partial charge in [0, 0.05) is 60.6 Å². The first-order chi connectivity index (χ1) is 21.3. The minimum absolute atomic E-state index is 0.0370. The number of nitrogens with zero attached hydrogens (tertiary/aromatic N) is 5. The Kier molecular flexibility index (Phi) is 8.12. The van der Waals surface area contributed by atoms with Gasteiger partial charge in [0.2, 0.25) is 0 Å². The first-order valence-electron chi connectivity index (χ1n) is 16.2. The molecule has 0 spiro atoms. The van der Waals surface area contributed by atoms with Gasteiger partial charge in [-0.2, -0.15) is 0 Å². The number of fused-ring (bicyclic) bond motifs is 8. The molecule has 10 heteroatoms. The predicted octanol–water partition coefficient (Wildman–Crippen LogP) is 6.75. The molecule has 7 nitrogen and oxygen atoms in total. The summed E-state index contributed by atoms with van der Waals surface area (Å²) in [4.78, 5) is 19.1. The second kappa shape index (κ2) is 12.0. The van der Waals surface area contributed by atoms with E-state index in [0.29, 0.717) is 59.3 Å². The van der Waals surface area contributed by atoms with Gasteiger partial charge in [0.05, 0.1) is 5.39 Å². The van der Waals surface area contributed by atoms with Crippen molar-refractivity contribution in [2.24, 2.45) is 5.92 Å². The van der Waals surface area contributed by atoms with E-state index in [1.54, 1.807) is 12.3 Å². The Bertz CT molecular complexity index is 1590. The number of hydrogen-bond donors (Lipinski definition) is 2. The molecule has 7 heterocycles. The highest BCUT2D eigenvalue weighted by Crippen LogP contribution is 2.43. The molecule has 5 aliphatic heterocycles. The molecule has 3 fully saturated rings. The number of aryl methyl sites for hydroxylation is 1. The largest absolute Gasteiger partial charge is 0.508 e. The average molecular weight is 623 g/mol. The van der Waals surface area contributed by atoms with E-state index in [2.05, 4.69) is 26.7 Å². The van der Waals surface area contributed by atoms with Crippen molar-refractivity contribution in [3.05, 3.63) is 52.8 Å². The number of aromatic hydroxyl groups is 1. The summed E-state index contributed by atoms with van der Waals surface area (Å²) in [5.41, 5.74) is 2.46. The van der Waals surface area contributed by atoms with Crippen molar-refractivity contribution < 1.29 is 13.9 Å². The van der Waals surface area contributed by atoms with Crippen LogP contribution in [0.5, 0.6) is 5.75 Å². The molecule has 0 amide bonds. The normalized spacial score (nSPS) is 26.2. The summed E-state index contributed by atoms with van der Waals surface area (Å²) in [6.07, 6.45) is 10.1. The van der Waals surface area contributed by atoms with Gasteiger partial charge in [-0.15, -0.1) is 0 Å². The summed E-state index contributed by atoms with van der Waals surface area (Å²) in [5.74, 6) is 1.12. The lowest BCUT2D eigenvalue weighted by Crippen LogP contribution is -2.40. The highest BCUT2D eigenvalue weighted by Gasteiger charge is 2.48. The van der Waals surface area contributed by atoms with Gasteiger partial charge in [-0.1, -0.05) is 18.2 Å². The lowest BCUT2D eigenvalue weighted by Gasteiger charge is -2.35. The number of alkyl halides is 1. The van der Waals surface area contributed by atoms with E-state index in [1.165, 1.54) is 6.07 Å². The lowest BCUT2D eigenvalue weighted by atomic mass is 9.88. The van der Waals surface area contributed by atoms with Gasteiger partial charge in [-0.3, -0.25) is 9.88 Å². The van der Waals surface area contributed by atoms with Crippen molar-refractivity contribution >= 4 is 28.3 Å². The van der Waals surface area contributed by atoms with Crippen LogP contribution in [0, 0.1) is 11.7 Å². The van der Waals surface area contributed by atoms with Crippen LogP contribution in [0.2, 0.25) is 5.02 Å². The van der Waals surface area contributed by atoms with Gasteiger partial charge in [0.25, 0.3) is 0 Å². The number of aromatic nitrogens is 3. The molecule has 234 valence electrons. The quantitative estimate of drug-likeness (QED) is 0.335. The Morgan fingerprint density at radius 1 is 1.11 bits per heavy atom. The summed E-state index contributed by atoms with van der Waals surface area (Å²) in [7, 11) is 0. The van der Waals surface area contributed by atoms with Gasteiger partial charge < -0.3 is 15.3 Å². The minimum atomic E-state index is -0.802. The topological polar surface area (TPSA) is 77.4 Å². The van der Waals surface area contributed by atoms with Crippen molar-refractivity contribution in [2.75, 3.05) is 37.6 Å². The van der Waals surface area contributed by atoms with Crippen molar-refractivity contribution in [1.82, 2.24) is 25.2 Å². The Hall–Kier alpha value is -3.04. The molecule has 2 unspecified atom stereocenters. The molecule has 2 N–H and O–H groups in total. The van der Waals surface area contributed by atoms with Crippen LogP contribution in [-0.4, -0.2) is 69.4 Å². The molecule has 44 heavy (non-hydrogen) atoms. The van der Waals surface area contributed by atoms with E-state index in [1.807, 2.05) is 0 Å². The predicted molar refractivity (Wildman–Crippen MR) is 170 cm³/mol. The van der Waals surface area contributed by atoms with Crippen molar-refractivity contribution in [1.29, 1.82) is 0 Å². The number of phenolic OH excluding ortho intramolecular Hbond substituents is 1. The molecule has 8 rings (SSSR count). The van der Waals surface area contributed by atoms with E-state index in [9.17, 15) is 9.50 Å². The molecule has 0 radical (unpaired) electrons. The maximum absolute atomic E-state index is 16.7. The number of anilines is 1. The molecule has 6 bridgehead atoms. The third kappa shape index (κ3) is 5.62. The molecule has 5 aliphatic rings. The first kappa shape index (κ1) is 29.7. The smallest absolute Gasteiger partial charge is 0.175 e. The third-order valence-corrected chi connectivity index (χ3v) is 10.7. The average Bonchev–Trinajstić information content (AvgIpc) is 3.53. The zero-order chi connectivity index (χ0) is 30.4. The number of piperidine rings is 1. The SMILES string of the molecule is C=C1CCCCc2c(Cl)cc(O)cc2-c2ncc3c(nc(CC[C@@]45CCCN4CC(F)C5)nc3c2F)N2CCCC(CN1)C2. The van der Waals surface area contributed by atoms with Crippen LogP contribution in [-0.2, 0) is 12.8 Å². The summed E-state index contributed by atoms with van der Waals surface area (Å²) in [6.45, 7) is 8.13. The van der Waals surface area contributed by atoms with Gasteiger partial charge in [0.1, 0.15) is 34.8 Å². The van der Waals surface area contributed by atoms with E-state index >= 15 is 4.39 Å². The Balaban J connectivity index is 1.34. The number of halogens is 3. The second-order valence-electron chi connectivity index (χ2n) is 13.3. The maximum atomic E-state index is 16.7. The highest BCUT2D eigenvalue weighted by atomic mass is 35.5. The van der Waals surface area contributed by atoms with Gasteiger partial charge in [0.15, 0.2) is 5.82 Å². The second-order valence-corrected chi connectivity index (χ2v) is 13.7. The Morgan fingerprint density at radius 2 is 1.98 bits per heavy atom. The molecule has 3 saturated heterocycles. The molecule has 0 aliphatic carbocycles. The summed E-state index contributed by atoms with van der Waals surface area (Å²) in [6, 6.07) is 3.05. The van der Waals surface area contributed by atoms with Crippen LogP contribution in [0.4, 0.5) is 14.6 Å². The fourth-order valence-corrected chi connectivity index (χ4v) is 8.42. The van der Waals surface area contributed by atoms with Crippen molar-refractivity contribution in [2.45, 2.75) is 82.3 Å². The van der Waals surface area contributed by atoms with E-state index < -0.39 is 12.0 Å². The summed E-state index contributed by atoms with van der Waals surface area (Å²) >= 11 is 6.64. The third-order valence-electron chi connectivity index (χ3n) is 10.3. The summed E-state index contributed by atoms with van der Waals surface area (Å²) < 4.78 is 31.3. The number of pyridine rings is 1. The minimum Gasteiger partial charge on any atom is -0.508 e. The number of phenols is 1. The number of nitrogens with one attached hydrogen (secondary N) is 1. The van der Waals surface area contributed by atoms with Crippen LogP contribution in [0.25, 0.3) is 22.2 Å². The Morgan fingerprint density at radius 3 is 2.86 bits per heavy atom. The molecule has 2 aromatic heterocycles. The van der Waals surface area contributed by atoms with Crippen LogP contribution in [0.1, 0.15) is 69.2 Å². The van der Waals surface area contributed by atoms with Crippen LogP contribution < -0.4 is 10.2 Å². The fourth-order valence-electron chi connectivity index (χ4n) is 8.11. The van der Waals surface area contributed by atoms with E-state index in [4.69, 9.17) is 21.6 Å². The maximum Gasteiger partial charge on any atom is 0.175 e. The zero-order valence-electron chi connectivity index (χ0n) is 25.2. The molecule has 3 aromatic rings. The van der Waals surface area contributed by atoms with Crippen LogP contribution >= 0.6 is 11.6 Å². The fraction of sp³-hybridized carbons (Fsp3) is 0.559. The van der Waals surface area contributed by atoms with E-state index in [-0.39, 0.29) is 22.5 Å². The monoisotopic (exact) mass is 622 g/mol. The van der Waals surface area contributed by atoms with Crippen LogP contribution in [0.3, 0.4) is 0 Å². The Labute approximate surface area is 262 Å². The highest BCUT2D eigenvalue weighted by molar-refractivity contribution is 6.32. The number of benzene rings is 1. The molecule has 0 saturated carbocycles. The van der Waals surface area contributed by atoms with Gasteiger partial charge in [-0.05, 0) is 94.4 Å². The molecular weight excluding hydrogens is 582 g/mol. The van der Waals surface area contributed by atoms with Gasteiger partial charge >= 0.3 is 0 Å². The first-order valence-corrected chi connectivity index (χ1v) is 16.6. The standard InChI is InChI=1S/C34H41ClF2N6O/c1-21-6-2-3-8-25-26(14-24(44)15-28(25)35)31-30(37)32-27(18-39-31)33(42-12-4-7-22(19-42)17-38-21)41-29(40-32)9-11-34-10-5-13-43(34)20-23(36)16-34/h14-15,18,22-23,38,44H,1-13,16-17,19-20H2/t22?,23?,34-/m1/s1. The number of allylic oxidation sites excluding steroid dienone is 1. The molecule has 3 atom stereocenters. The van der Waals surface area contributed by atoms with Crippen LogP contribution in [0.15, 0.2) is 30.6 Å². The molecular formula is C34H41ClF2N6O. The number of rotatable bonds is 3. The van der Waals surface area contributed by atoms with Crippen molar-refractivity contribution in [3.63, 3.8) is 0 Å². The van der Waals surface area contributed by atoms with Gasteiger partial charge in [-0.25, -0.2) is 18.7 Å². The van der Waals surface area contributed by atoms with E-state index in [0.717, 1.165) is 88.8 Å².